The van der Waals surface area contributed by atoms with Crippen LogP contribution in [0.4, 0.5) is 0 Å². The molecule has 5 aliphatic carbocycles. The zero-order valence-electron chi connectivity index (χ0n) is 16.4. The number of carbonyl (C=O) groups is 2. The van der Waals surface area contributed by atoms with Crippen LogP contribution in [0.2, 0.25) is 0 Å². The van der Waals surface area contributed by atoms with Crippen LogP contribution in [0.5, 0.6) is 0 Å². The molecule has 0 aliphatic heterocycles. The first-order valence-corrected chi connectivity index (χ1v) is 11.7. The van der Waals surface area contributed by atoms with E-state index in [4.69, 9.17) is 0 Å². The lowest BCUT2D eigenvalue weighted by Gasteiger charge is -2.60. The van der Waals surface area contributed by atoms with E-state index in [0.29, 0.717) is 39.8 Å². The Morgan fingerprint density at radius 3 is 2.88 bits per heavy atom. The van der Waals surface area contributed by atoms with Crippen molar-refractivity contribution < 1.29 is 9.59 Å². The van der Waals surface area contributed by atoms with Crippen LogP contribution in [0.1, 0.15) is 72.1 Å². The molecule has 0 amide bonds. The van der Waals surface area contributed by atoms with Crippen LogP contribution in [-0.2, 0) is 9.59 Å². The van der Waals surface area contributed by atoms with Crippen LogP contribution in [0.3, 0.4) is 0 Å². The maximum Gasteiger partial charge on any atom is 0.188 e. The summed E-state index contributed by atoms with van der Waals surface area (Å²) < 4.78 is 0. The molecule has 0 spiro atoms. The number of thioether (sulfide) groups is 1. The Hall–Kier alpha value is -0.570. The van der Waals surface area contributed by atoms with Gasteiger partial charge in [-0.15, -0.1) is 0 Å². The number of rotatable bonds is 2. The summed E-state index contributed by atoms with van der Waals surface area (Å²) in [6.07, 6.45) is 10.9. The van der Waals surface area contributed by atoms with Gasteiger partial charge in [-0.1, -0.05) is 38.1 Å². The van der Waals surface area contributed by atoms with E-state index in [1.54, 1.807) is 11.8 Å². The van der Waals surface area contributed by atoms with Crippen molar-refractivity contribution in [3.8, 4) is 0 Å². The highest BCUT2D eigenvalue weighted by Crippen LogP contribution is 2.74. The third-order valence-electron chi connectivity index (χ3n) is 9.08. The lowest BCUT2D eigenvalue weighted by atomic mass is 9.46. The van der Waals surface area contributed by atoms with Gasteiger partial charge in [0, 0.05) is 18.1 Å². The summed E-state index contributed by atoms with van der Waals surface area (Å²) in [4.78, 5) is 24.5. The highest BCUT2D eigenvalue weighted by molar-refractivity contribution is 8.14. The van der Waals surface area contributed by atoms with Crippen molar-refractivity contribution in [2.24, 2.45) is 40.4 Å². The molecule has 3 heteroatoms. The Bertz CT molecular complexity index is 696. The summed E-state index contributed by atoms with van der Waals surface area (Å²) in [5, 5.41) is 0.749. The van der Waals surface area contributed by atoms with E-state index in [-0.39, 0.29) is 5.41 Å². The summed E-state index contributed by atoms with van der Waals surface area (Å²) in [6, 6.07) is 0. The Morgan fingerprint density at radius 2 is 2.12 bits per heavy atom. The van der Waals surface area contributed by atoms with Gasteiger partial charge in [0.05, 0.1) is 0 Å². The number of carbonyl (C=O) groups excluding carboxylic acids is 2. The smallest absolute Gasteiger partial charge is 0.188 e. The van der Waals surface area contributed by atoms with Crippen molar-refractivity contribution in [2.75, 3.05) is 0 Å². The van der Waals surface area contributed by atoms with Crippen LogP contribution in [0, 0.1) is 40.4 Å². The first-order valence-electron chi connectivity index (χ1n) is 10.8. The fraction of sp³-hybridized carbons (Fsp3) is 0.826. The zero-order chi connectivity index (χ0) is 18.3. The van der Waals surface area contributed by atoms with Crippen molar-refractivity contribution in [3.63, 3.8) is 0 Å². The molecule has 0 aromatic heterocycles. The minimum absolute atomic E-state index is 0.208. The van der Waals surface area contributed by atoms with Gasteiger partial charge in [-0.05, 0) is 85.0 Å². The summed E-state index contributed by atoms with van der Waals surface area (Å²) in [5.74, 6) is 4.41. The van der Waals surface area contributed by atoms with E-state index in [9.17, 15) is 9.59 Å². The van der Waals surface area contributed by atoms with E-state index in [2.05, 4.69) is 13.8 Å². The number of fused-ring (bicyclic) bond motifs is 7. The maximum absolute atomic E-state index is 12.4. The van der Waals surface area contributed by atoms with Gasteiger partial charge in [0.15, 0.2) is 10.9 Å². The third kappa shape index (κ3) is 2.38. The lowest BCUT2D eigenvalue weighted by molar-refractivity contribution is -0.117. The average Bonchev–Trinajstić information content (AvgIpc) is 3.27. The summed E-state index contributed by atoms with van der Waals surface area (Å²) >= 11 is 1.64. The van der Waals surface area contributed by atoms with Gasteiger partial charge in [-0.25, -0.2) is 0 Å². The summed E-state index contributed by atoms with van der Waals surface area (Å²) in [5.41, 5.74) is 2.11. The molecule has 0 heterocycles. The fourth-order valence-corrected chi connectivity index (χ4v) is 9.08. The predicted octanol–water partition coefficient (Wildman–Crippen LogP) is 5.41. The quantitative estimate of drug-likeness (QED) is 0.650. The second-order valence-electron chi connectivity index (χ2n) is 10.4. The molecule has 26 heavy (non-hydrogen) atoms. The van der Waals surface area contributed by atoms with Crippen molar-refractivity contribution in [2.45, 2.75) is 77.4 Å². The highest BCUT2D eigenvalue weighted by Gasteiger charge is 2.67. The Labute approximate surface area is 161 Å². The number of hydrogen-bond acceptors (Lipinski definition) is 3. The van der Waals surface area contributed by atoms with Crippen molar-refractivity contribution in [1.82, 2.24) is 0 Å². The third-order valence-corrected chi connectivity index (χ3v) is 10.4. The monoisotopic (exact) mass is 372 g/mol. The molecular formula is C23H32O2S. The molecule has 0 aromatic rings. The molecule has 0 N–H and O–H groups in total. The normalized spacial score (nSPS) is 51.7. The molecule has 8 atom stereocenters. The molecule has 0 unspecified atom stereocenters. The van der Waals surface area contributed by atoms with Crippen LogP contribution < -0.4 is 0 Å². The lowest BCUT2D eigenvalue weighted by Crippen LogP contribution is -2.54. The molecular weight excluding hydrogens is 340 g/mol. The molecule has 0 aromatic carbocycles. The van der Waals surface area contributed by atoms with Crippen LogP contribution in [0.25, 0.3) is 0 Å². The second kappa shape index (κ2) is 5.72. The summed E-state index contributed by atoms with van der Waals surface area (Å²) in [6.45, 7) is 7.00. The van der Waals surface area contributed by atoms with E-state index in [0.717, 1.165) is 37.0 Å². The molecule has 4 fully saturated rings. The molecule has 142 valence electrons. The Kier molecular flexibility index (Phi) is 3.85. The number of allylic oxidation sites excluding steroid dienone is 1. The predicted molar refractivity (Wildman–Crippen MR) is 106 cm³/mol. The van der Waals surface area contributed by atoms with Crippen LogP contribution >= 0.6 is 11.8 Å². The van der Waals surface area contributed by atoms with Gasteiger partial charge in [0.2, 0.25) is 0 Å². The fourth-order valence-electron chi connectivity index (χ4n) is 7.79. The SMILES string of the molecule is CCC(=O)S[C@H]1CC2=CC(=O)CC[C@]2(C)[C@H]2CC[C@]3(C)C[C@H]4C[C@H]4[C@H]3[C@H]12. The molecule has 0 radical (unpaired) electrons. The molecule has 5 rings (SSSR count). The minimum atomic E-state index is 0.208. The van der Waals surface area contributed by atoms with E-state index < -0.39 is 0 Å². The van der Waals surface area contributed by atoms with E-state index in [1.165, 1.54) is 31.3 Å². The van der Waals surface area contributed by atoms with Gasteiger partial charge < -0.3 is 0 Å². The van der Waals surface area contributed by atoms with Gasteiger partial charge in [0.25, 0.3) is 0 Å². The van der Waals surface area contributed by atoms with Gasteiger partial charge >= 0.3 is 0 Å². The van der Waals surface area contributed by atoms with Crippen molar-refractivity contribution >= 4 is 22.7 Å². The first-order chi connectivity index (χ1) is 12.4. The molecule has 2 nitrogen and oxygen atoms in total. The minimum Gasteiger partial charge on any atom is -0.295 e. The first kappa shape index (κ1) is 17.5. The van der Waals surface area contributed by atoms with Gasteiger partial charge in [-0.2, -0.15) is 0 Å². The second-order valence-corrected chi connectivity index (χ2v) is 11.7. The standard InChI is InChI=1S/C23H32O2S/c1-4-19(25)26-18-11-14-10-15(24)5-8-23(14,3)17-6-7-22(2)12-13-9-16(13)21(22)20(17)18/h10,13,16-18,20-21H,4-9,11-12H2,1-3H3/t13-,16-,17+,18+,20+,21+,22-,23+/m1/s1. The van der Waals surface area contributed by atoms with E-state index >= 15 is 0 Å². The van der Waals surface area contributed by atoms with Crippen LogP contribution in [0.15, 0.2) is 11.6 Å². The topological polar surface area (TPSA) is 34.1 Å². The Balaban J connectivity index is 1.56. The maximum atomic E-state index is 12.4. The van der Waals surface area contributed by atoms with Crippen molar-refractivity contribution in [3.05, 3.63) is 11.6 Å². The summed E-state index contributed by atoms with van der Waals surface area (Å²) in [7, 11) is 0. The van der Waals surface area contributed by atoms with Crippen LogP contribution in [-0.4, -0.2) is 16.1 Å². The number of ketones is 1. The number of hydrogen-bond donors (Lipinski definition) is 0. The molecule has 0 saturated heterocycles. The highest BCUT2D eigenvalue weighted by atomic mass is 32.2. The Morgan fingerprint density at radius 1 is 1.31 bits per heavy atom. The zero-order valence-corrected chi connectivity index (χ0v) is 17.2. The molecule has 5 aliphatic rings. The average molecular weight is 373 g/mol. The van der Waals surface area contributed by atoms with E-state index in [1.807, 2.05) is 13.0 Å². The molecule has 0 bridgehead atoms. The largest absolute Gasteiger partial charge is 0.295 e. The molecule has 4 saturated carbocycles. The van der Waals surface area contributed by atoms with Gasteiger partial charge in [-0.3, -0.25) is 9.59 Å². The van der Waals surface area contributed by atoms with Crippen molar-refractivity contribution in [1.29, 1.82) is 0 Å². The van der Waals surface area contributed by atoms with Gasteiger partial charge in [0.1, 0.15) is 0 Å².